The molecule has 0 radical (unpaired) electrons. The molecule has 0 amide bonds. The van der Waals surface area contributed by atoms with Gasteiger partial charge in [0, 0.05) is 37.8 Å². The van der Waals surface area contributed by atoms with Crippen LogP contribution in [0, 0.1) is 11.8 Å². The zero-order valence-electron chi connectivity index (χ0n) is 16.6. The smallest absolute Gasteiger partial charge is 0.208 e. The second-order valence-corrected chi connectivity index (χ2v) is 9.53. The van der Waals surface area contributed by atoms with Gasteiger partial charge in [-0.3, -0.25) is 5.10 Å². The van der Waals surface area contributed by atoms with Crippen molar-refractivity contribution in [2.24, 2.45) is 11.8 Å². The van der Waals surface area contributed by atoms with E-state index in [-0.39, 0.29) is 0 Å². The molecule has 2 saturated carbocycles. The molecule has 5 rings (SSSR count). The zero-order chi connectivity index (χ0) is 20.0. The van der Waals surface area contributed by atoms with Crippen molar-refractivity contribution in [2.75, 3.05) is 11.9 Å². The normalized spacial score (nSPS) is 25.9. The number of H-pyrrole nitrogens is 1. The number of benzene rings is 1. The van der Waals surface area contributed by atoms with E-state index in [1.54, 1.807) is 17.5 Å². The summed E-state index contributed by atoms with van der Waals surface area (Å²) in [4.78, 5) is 2.36. The van der Waals surface area contributed by atoms with Gasteiger partial charge in [-0.05, 0) is 48.2 Å². The number of aromatic nitrogens is 4. The van der Waals surface area contributed by atoms with Gasteiger partial charge < -0.3 is 9.08 Å². The number of fused-ring (bicyclic) bond motifs is 2. The molecule has 0 aliphatic heterocycles. The van der Waals surface area contributed by atoms with Gasteiger partial charge in [-0.2, -0.15) is 5.10 Å². The lowest BCUT2D eigenvalue weighted by atomic mass is 9.65. The molecule has 9 heteroatoms. The summed E-state index contributed by atoms with van der Waals surface area (Å²) >= 11 is 5.68. The third-order valence-electron chi connectivity index (χ3n) is 6.86. The molecule has 3 aromatic rings. The van der Waals surface area contributed by atoms with E-state index in [2.05, 4.69) is 53.1 Å². The first-order chi connectivity index (χ1) is 14.1. The van der Waals surface area contributed by atoms with Crippen LogP contribution in [0.4, 0.5) is 5.13 Å². The van der Waals surface area contributed by atoms with Crippen LogP contribution < -0.4 is 9.08 Å². The van der Waals surface area contributed by atoms with E-state index in [1.807, 2.05) is 24.4 Å². The standard InChI is InChI=1S/C20H24BN5OS2/c1-26(16-7-11-2-3-13(6-11)18(16)21)20-25-24-19(29-20)15-5-4-12(8-17(15)27-28)14-9-22-23-10-14/h4-5,8-11,13,16,18,28H,2-3,6-7,21H2,1H3,(H,22,23)/t11-,13+,16+,18-/m1/s1. The summed E-state index contributed by atoms with van der Waals surface area (Å²) in [5, 5.41) is 17.7. The second kappa shape index (κ2) is 7.68. The quantitative estimate of drug-likeness (QED) is 0.369. The van der Waals surface area contributed by atoms with Gasteiger partial charge in [-0.15, -0.1) is 10.2 Å². The van der Waals surface area contributed by atoms with Gasteiger partial charge in [0.1, 0.15) is 13.6 Å². The number of hydrogen-bond donors (Lipinski definition) is 2. The molecule has 0 spiro atoms. The molecule has 2 aromatic heterocycles. The summed E-state index contributed by atoms with van der Waals surface area (Å²) in [5.74, 6) is 3.13. The first-order valence-corrected chi connectivity index (χ1v) is 11.3. The average molecular weight is 425 g/mol. The van der Waals surface area contributed by atoms with Gasteiger partial charge in [-0.25, -0.2) is 0 Å². The molecular weight excluding hydrogens is 401 g/mol. The molecule has 0 unspecified atom stereocenters. The molecule has 6 nitrogen and oxygen atoms in total. The molecule has 150 valence electrons. The molecular formula is C20H24BN5OS2. The SMILES string of the molecule is B[C@@H]1[C@H]2CC[C@H](C2)C[C@@H]1N(C)c1nnc(-c2ccc(-c3cn[nH]c3)cc2OS)s1. The van der Waals surface area contributed by atoms with E-state index < -0.39 is 0 Å². The van der Waals surface area contributed by atoms with Crippen LogP contribution in [-0.4, -0.2) is 41.3 Å². The van der Waals surface area contributed by atoms with Gasteiger partial charge in [0.05, 0.1) is 11.8 Å². The summed E-state index contributed by atoms with van der Waals surface area (Å²) in [5.41, 5.74) is 2.92. The number of nitrogens with zero attached hydrogens (tertiary/aromatic N) is 4. The van der Waals surface area contributed by atoms with Crippen LogP contribution in [0.3, 0.4) is 0 Å². The van der Waals surface area contributed by atoms with Crippen LogP contribution in [0.2, 0.25) is 5.82 Å². The number of anilines is 1. The van der Waals surface area contributed by atoms with Gasteiger partial charge in [-0.1, -0.05) is 30.2 Å². The van der Waals surface area contributed by atoms with Crippen LogP contribution in [0.25, 0.3) is 21.7 Å². The highest BCUT2D eigenvalue weighted by atomic mass is 32.1. The van der Waals surface area contributed by atoms with Gasteiger partial charge in [0.25, 0.3) is 0 Å². The van der Waals surface area contributed by atoms with E-state index in [0.717, 1.165) is 38.7 Å². The second-order valence-electron chi connectivity index (χ2n) is 8.39. The van der Waals surface area contributed by atoms with Crippen molar-refractivity contribution in [3.05, 3.63) is 30.6 Å². The highest BCUT2D eigenvalue weighted by Crippen LogP contribution is 2.49. The van der Waals surface area contributed by atoms with E-state index in [0.29, 0.717) is 17.6 Å². The lowest BCUT2D eigenvalue weighted by Crippen LogP contribution is -2.41. The van der Waals surface area contributed by atoms with E-state index >= 15 is 0 Å². The van der Waals surface area contributed by atoms with E-state index in [9.17, 15) is 0 Å². The maximum absolute atomic E-state index is 5.37. The molecule has 2 bridgehead atoms. The molecule has 2 heterocycles. The van der Waals surface area contributed by atoms with Crippen molar-refractivity contribution < 1.29 is 4.18 Å². The Morgan fingerprint density at radius 2 is 2.14 bits per heavy atom. The van der Waals surface area contributed by atoms with Crippen molar-refractivity contribution in [3.8, 4) is 27.4 Å². The van der Waals surface area contributed by atoms with Crippen LogP contribution in [0.1, 0.15) is 25.7 Å². The number of hydrogen-bond acceptors (Lipinski definition) is 7. The third-order valence-corrected chi connectivity index (χ3v) is 8.11. The Balaban J connectivity index is 1.41. The summed E-state index contributed by atoms with van der Waals surface area (Å²) < 4.78 is 5.37. The third kappa shape index (κ3) is 3.44. The topological polar surface area (TPSA) is 66.9 Å². The van der Waals surface area contributed by atoms with Crippen molar-refractivity contribution in [2.45, 2.75) is 37.5 Å². The predicted molar refractivity (Wildman–Crippen MR) is 122 cm³/mol. The van der Waals surface area contributed by atoms with Gasteiger partial charge >= 0.3 is 0 Å². The maximum Gasteiger partial charge on any atom is 0.208 e. The fraction of sp³-hybridized carbons (Fsp3) is 0.450. The van der Waals surface area contributed by atoms with Crippen LogP contribution in [0.15, 0.2) is 30.6 Å². The Kier molecular flexibility index (Phi) is 5.03. The summed E-state index contributed by atoms with van der Waals surface area (Å²) in [7, 11) is 4.59. The zero-order valence-corrected chi connectivity index (χ0v) is 18.3. The minimum Gasteiger partial charge on any atom is -0.428 e. The summed E-state index contributed by atoms with van der Waals surface area (Å²) in [6, 6.07) is 6.56. The van der Waals surface area contributed by atoms with Crippen molar-refractivity contribution in [1.29, 1.82) is 0 Å². The van der Waals surface area contributed by atoms with Crippen LogP contribution >= 0.6 is 24.2 Å². The number of aromatic amines is 1. The monoisotopic (exact) mass is 425 g/mol. The Labute approximate surface area is 181 Å². The molecule has 2 aliphatic rings. The van der Waals surface area contributed by atoms with Crippen LogP contribution in [0.5, 0.6) is 5.75 Å². The van der Waals surface area contributed by atoms with Crippen molar-refractivity contribution in [3.63, 3.8) is 0 Å². The maximum atomic E-state index is 5.37. The van der Waals surface area contributed by atoms with Gasteiger partial charge in [0.2, 0.25) is 5.13 Å². The number of nitrogens with one attached hydrogen (secondary N) is 1. The molecule has 2 fully saturated rings. The molecule has 2 aliphatic carbocycles. The summed E-state index contributed by atoms with van der Waals surface area (Å²) in [6.45, 7) is 0. The van der Waals surface area contributed by atoms with E-state index in [4.69, 9.17) is 4.18 Å². The Morgan fingerprint density at radius 1 is 1.24 bits per heavy atom. The molecule has 0 saturated heterocycles. The fourth-order valence-electron chi connectivity index (χ4n) is 5.16. The number of thiol groups is 1. The lowest BCUT2D eigenvalue weighted by Gasteiger charge is -2.40. The predicted octanol–water partition coefficient (Wildman–Crippen LogP) is 3.87. The first-order valence-electron chi connectivity index (χ1n) is 10.2. The highest BCUT2D eigenvalue weighted by Gasteiger charge is 2.41. The Morgan fingerprint density at radius 3 is 2.93 bits per heavy atom. The van der Waals surface area contributed by atoms with E-state index in [1.165, 1.54) is 25.7 Å². The minimum absolute atomic E-state index is 0.547. The molecule has 1 aromatic carbocycles. The first kappa shape index (κ1) is 19.0. The minimum atomic E-state index is 0.547. The van der Waals surface area contributed by atoms with Crippen molar-refractivity contribution in [1.82, 2.24) is 20.4 Å². The highest BCUT2D eigenvalue weighted by molar-refractivity contribution is 7.75. The Bertz CT molecular complexity index is 995. The van der Waals surface area contributed by atoms with Crippen LogP contribution in [-0.2, 0) is 0 Å². The largest absolute Gasteiger partial charge is 0.428 e. The fourth-order valence-corrected chi connectivity index (χ4v) is 6.20. The molecule has 29 heavy (non-hydrogen) atoms. The molecule has 1 N–H and O–H groups in total. The van der Waals surface area contributed by atoms with Gasteiger partial charge in [0.15, 0.2) is 5.01 Å². The Hall–Kier alpha value is -2.00. The molecule has 4 atom stereocenters. The average Bonchev–Trinajstić information content (AvgIpc) is 3.51. The summed E-state index contributed by atoms with van der Waals surface area (Å²) in [6.07, 6.45) is 9.11. The van der Waals surface area contributed by atoms with Crippen molar-refractivity contribution >= 4 is 37.2 Å². The number of rotatable bonds is 5. The lowest BCUT2D eigenvalue weighted by molar-refractivity contribution is 0.314.